The maximum Gasteiger partial charge on any atom is 0.240 e. The molecule has 1 aliphatic rings. The number of halogens is 1. The van der Waals surface area contributed by atoms with Gasteiger partial charge in [-0.2, -0.15) is 0 Å². The third-order valence-corrected chi connectivity index (χ3v) is 7.73. The van der Waals surface area contributed by atoms with E-state index in [-0.39, 0.29) is 4.90 Å². The summed E-state index contributed by atoms with van der Waals surface area (Å²) in [5.41, 5.74) is 1.97. The van der Waals surface area contributed by atoms with E-state index in [1.54, 1.807) is 25.3 Å². The Morgan fingerprint density at radius 3 is 2.61 bits per heavy atom. The number of methoxy groups -OCH3 is 1. The summed E-state index contributed by atoms with van der Waals surface area (Å²) in [6.07, 6.45) is 4.05. The fourth-order valence-corrected chi connectivity index (χ4v) is 5.56. The molecule has 5 nitrogen and oxygen atoms in total. The summed E-state index contributed by atoms with van der Waals surface area (Å²) in [5.74, 6) is 0.710. The highest BCUT2D eigenvalue weighted by molar-refractivity contribution is 9.10. The van der Waals surface area contributed by atoms with Crippen LogP contribution in [0.4, 0.5) is 5.69 Å². The van der Waals surface area contributed by atoms with E-state index in [1.165, 1.54) is 6.42 Å². The number of nitrogens with one attached hydrogen (secondary N) is 1. The lowest BCUT2D eigenvalue weighted by Gasteiger charge is -2.30. The van der Waals surface area contributed by atoms with Crippen LogP contribution in [-0.4, -0.2) is 35.2 Å². The van der Waals surface area contributed by atoms with E-state index in [1.807, 2.05) is 18.2 Å². The van der Waals surface area contributed by atoms with Crippen LogP contribution in [0, 0.1) is 0 Å². The van der Waals surface area contributed by atoms with E-state index in [2.05, 4.69) is 43.8 Å². The van der Waals surface area contributed by atoms with E-state index in [0.29, 0.717) is 18.7 Å². The van der Waals surface area contributed by atoms with Crippen LogP contribution >= 0.6 is 15.9 Å². The largest absolute Gasteiger partial charge is 0.495 e. The molecule has 1 N–H and O–H groups in total. The molecule has 0 aliphatic carbocycles. The number of anilines is 1. The second-order valence-corrected chi connectivity index (χ2v) is 10.5. The van der Waals surface area contributed by atoms with Crippen molar-refractivity contribution in [2.75, 3.05) is 31.6 Å². The van der Waals surface area contributed by atoms with Crippen molar-refractivity contribution in [1.82, 2.24) is 4.72 Å². The van der Waals surface area contributed by atoms with Gasteiger partial charge in [0.2, 0.25) is 10.0 Å². The molecule has 3 aromatic carbocycles. The number of hydrogen-bond donors (Lipinski definition) is 1. The van der Waals surface area contributed by atoms with Crippen molar-refractivity contribution in [1.29, 1.82) is 0 Å². The van der Waals surface area contributed by atoms with Gasteiger partial charge in [0, 0.05) is 24.1 Å². The summed E-state index contributed by atoms with van der Waals surface area (Å²) < 4.78 is 35.3. The van der Waals surface area contributed by atoms with Gasteiger partial charge in [-0.1, -0.05) is 40.2 Å². The Morgan fingerprint density at radius 1 is 1.03 bits per heavy atom. The zero-order valence-corrected chi connectivity index (χ0v) is 20.0. The zero-order chi connectivity index (χ0) is 21.8. The number of piperidine rings is 1. The molecule has 7 heteroatoms. The first kappa shape index (κ1) is 22.1. The number of ether oxygens (including phenoxy) is 1. The summed E-state index contributed by atoms with van der Waals surface area (Å²) >= 11 is 3.52. The maximum absolute atomic E-state index is 13.0. The van der Waals surface area contributed by atoms with Crippen LogP contribution in [0.15, 0.2) is 64.0 Å². The number of sulfonamides is 1. The van der Waals surface area contributed by atoms with E-state index in [0.717, 1.165) is 52.4 Å². The molecule has 1 heterocycles. The van der Waals surface area contributed by atoms with E-state index in [4.69, 9.17) is 4.74 Å². The van der Waals surface area contributed by atoms with Gasteiger partial charge in [-0.05, 0) is 72.4 Å². The first-order valence-corrected chi connectivity index (χ1v) is 12.9. The average Bonchev–Trinajstić information content (AvgIpc) is 2.79. The second-order valence-electron chi connectivity index (χ2n) is 7.81. The van der Waals surface area contributed by atoms with Gasteiger partial charge in [-0.15, -0.1) is 0 Å². The van der Waals surface area contributed by atoms with Gasteiger partial charge in [0.15, 0.2) is 0 Å². The molecule has 0 unspecified atom stereocenters. The standard InChI is InChI=1S/C24H27BrN2O3S/c1-30-24-11-10-21(17-23(24)27-14-3-2-4-15-27)31(28,29)26-13-12-19-7-5-6-18-8-9-20(25)16-22(18)19/h5-11,16-17,26H,2-4,12-15H2,1H3. The van der Waals surface area contributed by atoms with Crippen molar-refractivity contribution in [3.05, 3.63) is 64.6 Å². The highest BCUT2D eigenvalue weighted by Crippen LogP contribution is 2.33. The number of fused-ring (bicyclic) bond motifs is 1. The van der Waals surface area contributed by atoms with Crippen LogP contribution in [0.2, 0.25) is 0 Å². The minimum atomic E-state index is -3.62. The van der Waals surface area contributed by atoms with Crippen molar-refractivity contribution >= 4 is 42.4 Å². The van der Waals surface area contributed by atoms with Crippen LogP contribution in [0.25, 0.3) is 10.8 Å². The molecule has 1 fully saturated rings. The Labute approximate surface area is 192 Å². The van der Waals surface area contributed by atoms with Gasteiger partial charge in [-0.25, -0.2) is 13.1 Å². The highest BCUT2D eigenvalue weighted by Gasteiger charge is 2.20. The average molecular weight is 503 g/mol. The van der Waals surface area contributed by atoms with E-state index < -0.39 is 10.0 Å². The number of nitrogens with zero attached hydrogens (tertiary/aromatic N) is 1. The molecule has 1 aliphatic heterocycles. The first-order valence-electron chi connectivity index (χ1n) is 10.6. The molecule has 3 aromatic rings. The Kier molecular flexibility index (Phi) is 6.84. The normalized spacial score (nSPS) is 14.7. The van der Waals surface area contributed by atoms with E-state index in [9.17, 15) is 8.42 Å². The van der Waals surface area contributed by atoms with Gasteiger partial charge in [0.1, 0.15) is 5.75 Å². The molecular weight excluding hydrogens is 476 g/mol. The SMILES string of the molecule is COc1ccc(S(=O)(=O)NCCc2cccc3ccc(Br)cc23)cc1N1CCCCC1. The number of rotatable bonds is 7. The van der Waals surface area contributed by atoms with Crippen LogP contribution in [0.1, 0.15) is 24.8 Å². The molecule has 0 atom stereocenters. The molecule has 0 spiro atoms. The maximum atomic E-state index is 13.0. The lowest BCUT2D eigenvalue weighted by atomic mass is 10.0. The predicted octanol–water partition coefficient (Wildman–Crippen LogP) is 5.12. The predicted molar refractivity (Wildman–Crippen MR) is 130 cm³/mol. The van der Waals surface area contributed by atoms with Crippen LogP contribution in [-0.2, 0) is 16.4 Å². The minimum Gasteiger partial charge on any atom is -0.495 e. The number of hydrogen-bond acceptors (Lipinski definition) is 4. The van der Waals surface area contributed by atoms with Crippen molar-refractivity contribution in [2.24, 2.45) is 0 Å². The van der Waals surface area contributed by atoms with E-state index >= 15 is 0 Å². The Hall–Kier alpha value is -2.09. The van der Waals surface area contributed by atoms with Gasteiger partial charge >= 0.3 is 0 Å². The molecule has 31 heavy (non-hydrogen) atoms. The molecule has 4 rings (SSSR count). The van der Waals surface area contributed by atoms with Crippen LogP contribution < -0.4 is 14.4 Å². The Balaban J connectivity index is 1.51. The van der Waals surface area contributed by atoms with Crippen molar-refractivity contribution in [3.8, 4) is 5.75 Å². The zero-order valence-electron chi connectivity index (χ0n) is 17.6. The summed E-state index contributed by atoms with van der Waals surface area (Å²) in [4.78, 5) is 2.49. The lowest BCUT2D eigenvalue weighted by molar-refractivity contribution is 0.412. The van der Waals surface area contributed by atoms with Gasteiger partial charge in [0.05, 0.1) is 17.7 Å². The summed E-state index contributed by atoms with van der Waals surface area (Å²) in [6, 6.07) is 17.4. The third kappa shape index (κ3) is 5.05. The summed E-state index contributed by atoms with van der Waals surface area (Å²) in [7, 11) is -2.00. The summed E-state index contributed by atoms with van der Waals surface area (Å²) in [6.45, 7) is 2.17. The molecule has 0 bridgehead atoms. The fraction of sp³-hybridized carbons (Fsp3) is 0.333. The molecule has 1 saturated heterocycles. The Morgan fingerprint density at radius 2 is 1.84 bits per heavy atom. The number of benzene rings is 3. The first-order chi connectivity index (χ1) is 15.0. The van der Waals surface area contributed by atoms with Crippen LogP contribution in [0.3, 0.4) is 0 Å². The molecule has 0 aromatic heterocycles. The molecular formula is C24H27BrN2O3S. The minimum absolute atomic E-state index is 0.273. The topological polar surface area (TPSA) is 58.6 Å². The van der Waals surface area contributed by atoms with Crippen LogP contribution in [0.5, 0.6) is 5.75 Å². The Bertz CT molecular complexity index is 1170. The third-order valence-electron chi connectivity index (χ3n) is 5.78. The van der Waals surface area contributed by atoms with Gasteiger partial charge in [-0.3, -0.25) is 0 Å². The van der Waals surface area contributed by atoms with Crippen molar-refractivity contribution < 1.29 is 13.2 Å². The van der Waals surface area contributed by atoms with Crippen molar-refractivity contribution in [2.45, 2.75) is 30.6 Å². The molecule has 164 valence electrons. The molecule has 0 saturated carbocycles. The monoisotopic (exact) mass is 502 g/mol. The lowest BCUT2D eigenvalue weighted by Crippen LogP contribution is -2.30. The van der Waals surface area contributed by atoms with Gasteiger partial charge < -0.3 is 9.64 Å². The fourth-order valence-electron chi connectivity index (χ4n) is 4.15. The smallest absolute Gasteiger partial charge is 0.240 e. The van der Waals surface area contributed by atoms with Crippen molar-refractivity contribution in [3.63, 3.8) is 0 Å². The molecule has 0 amide bonds. The summed E-state index contributed by atoms with van der Waals surface area (Å²) in [5, 5.41) is 2.28. The quantitative estimate of drug-likeness (QED) is 0.486. The van der Waals surface area contributed by atoms with Gasteiger partial charge in [0.25, 0.3) is 0 Å². The highest BCUT2D eigenvalue weighted by atomic mass is 79.9. The molecule has 0 radical (unpaired) electrons. The second kappa shape index (κ2) is 9.59.